The first-order chi connectivity index (χ1) is 9.77. The van der Waals surface area contributed by atoms with E-state index in [2.05, 4.69) is 43.0 Å². The molecule has 0 saturated heterocycles. The third-order valence-corrected chi connectivity index (χ3v) is 3.80. The Morgan fingerprint density at radius 2 is 2.10 bits per heavy atom. The molecule has 1 saturated carbocycles. The molecule has 1 aliphatic rings. The smallest absolute Gasteiger partial charge is 0.251 e. The van der Waals surface area contributed by atoms with Crippen molar-refractivity contribution in [2.75, 3.05) is 25.9 Å². The van der Waals surface area contributed by atoms with Gasteiger partial charge < -0.3 is 16.0 Å². The summed E-state index contributed by atoms with van der Waals surface area (Å²) in [6.07, 6.45) is 2.56. The number of likely N-dealkylation sites (N-methyl/N-ethyl adjacent to an activating group) is 1. The Hall–Kier alpha value is -1.62. The molecule has 5 heteroatoms. The Morgan fingerprint density at radius 1 is 1.43 bits per heavy atom. The van der Waals surface area contributed by atoms with Crippen LogP contribution in [0, 0.1) is 0 Å². The third kappa shape index (κ3) is 4.43. The molecule has 1 aromatic rings. The molecule has 0 aromatic carbocycles. The van der Waals surface area contributed by atoms with Gasteiger partial charge in [-0.15, -0.1) is 0 Å². The summed E-state index contributed by atoms with van der Waals surface area (Å²) in [5.41, 5.74) is 7.11. The van der Waals surface area contributed by atoms with Gasteiger partial charge in [-0.2, -0.15) is 0 Å². The number of nitrogens with two attached hydrogens (primary N) is 1. The monoisotopic (exact) mass is 290 g/mol. The average molecular weight is 290 g/mol. The maximum absolute atomic E-state index is 12.2. The second-order valence-corrected chi connectivity index (χ2v) is 6.88. The number of nitrogen functional groups attached to an aromatic ring is 1. The Morgan fingerprint density at radius 3 is 2.67 bits per heavy atom. The van der Waals surface area contributed by atoms with Gasteiger partial charge in [-0.25, -0.2) is 4.98 Å². The lowest BCUT2D eigenvalue weighted by atomic mass is 9.90. The maximum atomic E-state index is 12.2. The fraction of sp³-hybridized carbons (Fsp3) is 0.625. The second kappa shape index (κ2) is 6.02. The number of hydrogen-bond donors (Lipinski definition) is 2. The number of hydrogen-bond acceptors (Lipinski definition) is 4. The number of aromatic nitrogens is 1. The van der Waals surface area contributed by atoms with Gasteiger partial charge in [0.1, 0.15) is 5.82 Å². The molecule has 116 valence electrons. The van der Waals surface area contributed by atoms with Crippen molar-refractivity contribution in [2.45, 2.75) is 45.1 Å². The van der Waals surface area contributed by atoms with Crippen LogP contribution in [0.1, 0.15) is 49.7 Å². The summed E-state index contributed by atoms with van der Waals surface area (Å²) < 4.78 is 0. The van der Waals surface area contributed by atoms with Crippen molar-refractivity contribution >= 4 is 11.7 Å². The molecule has 1 amide bonds. The van der Waals surface area contributed by atoms with Crippen molar-refractivity contribution in [1.82, 2.24) is 15.2 Å². The predicted octanol–water partition coefficient (Wildman–Crippen LogP) is 1.79. The van der Waals surface area contributed by atoms with Crippen molar-refractivity contribution in [2.24, 2.45) is 0 Å². The van der Waals surface area contributed by atoms with Gasteiger partial charge in [-0.1, -0.05) is 20.8 Å². The van der Waals surface area contributed by atoms with Crippen molar-refractivity contribution in [1.29, 1.82) is 0 Å². The minimum atomic E-state index is -0.128. The largest absolute Gasteiger partial charge is 0.384 e. The molecule has 1 aromatic heterocycles. The summed E-state index contributed by atoms with van der Waals surface area (Å²) in [5.74, 6) is 0.307. The fourth-order valence-corrected chi connectivity index (χ4v) is 2.21. The van der Waals surface area contributed by atoms with Crippen LogP contribution in [0.5, 0.6) is 0 Å². The highest BCUT2D eigenvalue weighted by Gasteiger charge is 2.25. The lowest BCUT2D eigenvalue weighted by Crippen LogP contribution is -2.34. The first kappa shape index (κ1) is 15.8. The summed E-state index contributed by atoms with van der Waals surface area (Å²) in [5, 5.41) is 2.95. The zero-order valence-corrected chi connectivity index (χ0v) is 13.4. The van der Waals surface area contributed by atoms with E-state index in [1.165, 1.54) is 12.8 Å². The highest BCUT2D eigenvalue weighted by molar-refractivity contribution is 5.94. The van der Waals surface area contributed by atoms with E-state index in [0.717, 1.165) is 12.2 Å². The number of rotatable bonds is 5. The molecule has 1 fully saturated rings. The molecule has 0 bridgehead atoms. The summed E-state index contributed by atoms with van der Waals surface area (Å²) in [7, 11) is 2.10. The molecule has 1 aliphatic carbocycles. The van der Waals surface area contributed by atoms with Gasteiger partial charge in [0.2, 0.25) is 0 Å². The highest BCUT2D eigenvalue weighted by Crippen LogP contribution is 2.24. The molecule has 0 radical (unpaired) electrons. The normalized spacial score (nSPS) is 15.3. The lowest BCUT2D eigenvalue weighted by molar-refractivity contribution is 0.0949. The minimum Gasteiger partial charge on any atom is -0.384 e. The minimum absolute atomic E-state index is 0.0844. The van der Waals surface area contributed by atoms with E-state index in [1.807, 2.05) is 6.07 Å². The number of anilines is 1. The molecule has 3 N–H and O–H groups in total. The van der Waals surface area contributed by atoms with E-state index < -0.39 is 0 Å². The number of nitrogens with one attached hydrogen (secondary N) is 1. The second-order valence-electron chi connectivity index (χ2n) is 6.88. The van der Waals surface area contributed by atoms with Gasteiger partial charge in [0.15, 0.2) is 0 Å². The number of carbonyl (C=O) groups excluding carboxylic acids is 1. The molecule has 1 heterocycles. The number of pyridine rings is 1. The van der Waals surface area contributed by atoms with E-state index in [-0.39, 0.29) is 11.3 Å². The van der Waals surface area contributed by atoms with Crippen LogP contribution in [-0.2, 0) is 5.41 Å². The number of carbonyl (C=O) groups is 1. The van der Waals surface area contributed by atoms with Crippen molar-refractivity contribution in [3.63, 3.8) is 0 Å². The molecule has 0 aliphatic heterocycles. The molecule has 0 spiro atoms. The van der Waals surface area contributed by atoms with E-state index >= 15 is 0 Å². The third-order valence-electron chi connectivity index (χ3n) is 3.80. The Balaban J connectivity index is 1.96. The van der Waals surface area contributed by atoms with Crippen LogP contribution in [0.25, 0.3) is 0 Å². The van der Waals surface area contributed by atoms with Crippen LogP contribution < -0.4 is 11.1 Å². The summed E-state index contributed by atoms with van der Waals surface area (Å²) >= 11 is 0. The van der Waals surface area contributed by atoms with E-state index in [1.54, 1.807) is 6.07 Å². The maximum Gasteiger partial charge on any atom is 0.251 e. The fourth-order valence-electron chi connectivity index (χ4n) is 2.21. The average Bonchev–Trinajstić information content (AvgIpc) is 3.20. The molecular weight excluding hydrogens is 264 g/mol. The highest BCUT2D eigenvalue weighted by atomic mass is 16.1. The van der Waals surface area contributed by atoms with E-state index in [9.17, 15) is 4.79 Å². The zero-order chi connectivity index (χ0) is 15.6. The number of amides is 1. The topological polar surface area (TPSA) is 71.2 Å². The van der Waals surface area contributed by atoms with Crippen molar-refractivity contribution in [3.05, 3.63) is 23.4 Å². The first-order valence-electron chi connectivity index (χ1n) is 7.54. The summed E-state index contributed by atoms with van der Waals surface area (Å²) in [4.78, 5) is 18.8. The Bertz CT molecular complexity index is 517. The standard InChI is InChI=1S/C16H26N4O/c1-16(2,3)13-9-11(10-14(17)19-13)15(21)18-7-8-20(4)12-5-6-12/h9-10,12H,5-8H2,1-4H3,(H2,17,19)(H,18,21). The summed E-state index contributed by atoms with van der Waals surface area (Å²) in [6.45, 7) is 7.70. The predicted molar refractivity (Wildman–Crippen MR) is 85.3 cm³/mol. The van der Waals surface area contributed by atoms with Gasteiger partial charge in [0.25, 0.3) is 5.91 Å². The van der Waals surface area contributed by atoms with Crippen LogP contribution >= 0.6 is 0 Å². The van der Waals surface area contributed by atoms with Crippen LogP contribution in [0.3, 0.4) is 0 Å². The molecule has 0 unspecified atom stereocenters. The SMILES string of the molecule is CN(CCNC(=O)c1cc(N)nc(C(C)(C)C)c1)C1CC1. The Kier molecular flexibility index (Phi) is 4.52. The van der Waals surface area contributed by atoms with Gasteiger partial charge in [0.05, 0.1) is 0 Å². The molecule has 2 rings (SSSR count). The number of nitrogens with zero attached hydrogens (tertiary/aromatic N) is 2. The first-order valence-corrected chi connectivity index (χ1v) is 7.54. The molecule has 21 heavy (non-hydrogen) atoms. The quantitative estimate of drug-likeness (QED) is 0.867. The lowest BCUT2D eigenvalue weighted by Gasteiger charge is -2.19. The van der Waals surface area contributed by atoms with Crippen molar-refractivity contribution < 1.29 is 4.79 Å². The van der Waals surface area contributed by atoms with Gasteiger partial charge >= 0.3 is 0 Å². The van der Waals surface area contributed by atoms with Crippen LogP contribution in [0.15, 0.2) is 12.1 Å². The van der Waals surface area contributed by atoms with Gasteiger partial charge in [-0.05, 0) is 32.0 Å². The van der Waals surface area contributed by atoms with Crippen LogP contribution in [-0.4, -0.2) is 42.0 Å². The van der Waals surface area contributed by atoms with Gasteiger partial charge in [0, 0.05) is 35.8 Å². The molecule has 5 nitrogen and oxygen atoms in total. The summed E-state index contributed by atoms with van der Waals surface area (Å²) in [6, 6.07) is 4.18. The molecule has 0 atom stereocenters. The van der Waals surface area contributed by atoms with E-state index in [0.29, 0.717) is 24.0 Å². The van der Waals surface area contributed by atoms with Crippen LogP contribution in [0.2, 0.25) is 0 Å². The zero-order valence-electron chi connectivity index (χ0n) is 13.4. The van der Waals surface area contributed by atoms with Gasteiger partial charge in [-0.3, -0.25) is 4.79 Å². The van der Waals surface area contributed by atoms with Crippen molar-refractivity contribution in [3.8, 4) is 0 Å². The van der Waals surface area contributed by atoms with Crippen LogP contribution in [0.4, 0.5) is 5.82 Å². The Labute approximate surface area is 126 Å². The van der Waals surface area contributed by atoms with E-state index in [4.69, 9.17) is 5.73 Å². The molecular formula is C16H26N4O.